The summed E-state index contributed by atoms with van der Waals surface area (Å²) in [7, 11) is 0. The molecule has 12 heavy (non-hydrogen) atoms. The Morgan fingerprint density at radius 2 is 2.33 bits per heavy atom. The Hall–Kier alpha value is -0.570. The average molecular weight is 168 g/mol. The van der Waals surface area contributed by atoms with Gasteiger partial charge in [-0.15, -0.1) is 0 Å². The number of rotatable bonds is 0. The number of nitrogens with one attached hydrogen (secondary N) is 2. The monoisotopic (exact) mass is 168 g/mol. The maximum atomic E-state index is 11.4. The lowest BCUT2D eigenvalue weighted by Crippen LogP contribution is -2.52. The Kier molecular flexibility index (Phi) is 1.65. The molecule has 2 rings (SSSR count). The van der Waals surface area contributed by atoms with E-state index in [-0.39, 0.29) is 17.4 Å². The van der Waals surface area contributed by atoms with Crippen molar-refractivity contribution in [1.82, 2.24) is 10.6 Å². The van der Waals surface area contributed by atoms with Gasteiger partial charge in [-0.3, -0.25) is 4.79 Å². The molecule has 2 saturated heterocycles. The van der Waals surface area contributed by atoms with Crippen LogP contribution in [0.2, 0.25) is 0 Å². The maximum Gasteiger partial charge on any atom is 0.223 e. The Balaban J connectivity index is 2.24. The van der Waals surface area contributed by atoms with Crippen LogP contribution in [-0.4, -0.2) is 24.5 Å². The number of hydrogen-bond donors (Lipinski definition) is 2. The molecule has 1 amide bonds. The average Bonchev–Trinajstić information content (AvgIpc) is 2.24. The first-order chi connectivity index (χ1) is 5.63. The van der Waals surface area contributed by atoms with Crippen LogP contribution in [0.5, 0.6) is 0 Å². The molecule has 2 fully saturated rings. The summed E-state index contributed by atoms with van der Waals surface area (Å²) in [5, 5.41) is 6.44. The van der Waals surface area contributed by atoms with E-state index in [9.17, 15) is 4.79 Å². The van der Waals surface area contributed by atoms with E-state index >= 15 is 0 Å². The molecule has 3 atom stereocenters. The van der Waals surface area contributed by atoms with Gasteiger partial charge >= 0.3 is 0 Å². The predicted octanol–water partition coefficient (Wildman–Crippen LogP) is 0.121. The lowest BCUT2D eigenvalue weighted by molar-refractivity contribution is -0.122. The van der Waals surface area contributed by atoms with E-state index in [2.05, 4.69) is 17.6 Å². The molecule has 2 heterocycles. The molecule has 0 aromatic carbocycles. The normalized spacial score (nSPS) is 47.0. The van der Waals surface area contributed by atoms with E-state index in [4.69, 9.17) is 0 Å². The van der Waals surface area contributed by atoms with Gasteiger partial charge in [0.05, 0.1) is 0 Å². The summed E-state index contributed by atoms with van der Waals surface area (Å²) >= 11 is 0. The Morgan fingerprint density at radius 3 is 3.00 bits per heavy atom. The van der Waals surface area contributed by atoms with Crippen molar-refractivity contribution in [2.24, 2.45) is 11.8 Å². The number of carbonyl (C=O) groups is 1. The van der Waals surface area contributed by atoms with E-state index in [1.165, 1.54) is 0 Å². The standard InChI is InChI=1S/C9H16N2O/c1-6-7-5-10-4-3-9(7,2)11-8(6)12/h6-7,10H,3-5H2,1-2H3,(H,11,12). The summed E-state index contributed by atoms with van der Waals surface area (Å²) in [5.41, 5.74) is 0.0712. The van der Waals surface area contributed by atoms with Crippen LogP contribution in [0.1, 0.15) is 20.3 Å². The first-order valence-corrected chi connectivity index (χ1v) is 4.66. The van der Waals surface area contributed by atoms with Crippen LogP contribution in [0, 0.1) is 11.8 Å². The highest BCUT2D eigenvalue weighted by atomic mass is 16.2. The summed E-state index contributed by atoms with van der Waals surface area (Å²) in [6.07, 6.45) is 1.06. The van der Waals surface area contributed by atoms with E-state index in [0.717, 1.165) is 19.5 Å². The minimum Gasteiger partial charge on any atom is -0.350 e. The van der Waals surface area contributed by atoms with Crippen LogP contribution in [0.4, 0.5) is 0 Å². The van der Waals surface area contributed by atoms with Gasteiger partial charge in [-0.1, -0.05) is 6.92 Å². The Bertz CT molecular complexity index is 217. The molecule has 0 aromatic rings. The molecular weight excluding hydrogens is 152 g/mol. The molecule has 68 valence electrons. The lowest BCUT2D eigenvalue weighted by atomic mass is 9.78. The minimum absolute atomic E-state index is 0.0712. The molecule has 0 radical (unpaired) electrons. The lowest BCUT2D eigenvalue weighted by Gasteiger charge is -2.36. The van der Waals surface area contributed by atoms with Gasteiger partial charge in [0.2, 0.25) is 5.91 Å². The van der Waals surface area contributed by atoms with Crippen molar-refractivity contribution in [3.63, 3.8) is 0 Å². The first-order valence-electron chi connectivity index (χ1n) is 4.66. The van der Waals surface area contributed by atoms with Crippen molar-refractivity contribution in [3.05, 3.63) is 0 Å². The van der Waals surface area contributed by atoms with E-state index < -0.39 is 0 Å². The van der Waals surface area contributed by atoms with Crippen LogP contribution in [0.15, 0.2) is 0 Å². The molecule has 0 spiro atoms. The molecule has 3 nitrogen and oxygen atoms in total. The maximum absolute atomic E-state index is 11.4. The zero-order chi connectivity index (χ0) is 8.77. The zero-order valence-corrected chi connectivity index (χ0v) is 7.68. The van der Waals surface area contributed by atoms with E-state index in [1.54, 1.807) is 0 Å². The van der Waals surface area contributed by atoms with Gasteiger partial charge in [-0.2, -0.15) is 0 Å². The van der Waals surface area contributed by atoms with Crippen molar-refractivity contribution < 1.29 is 4.79 Å². The third-order valence-corrected chi connectivity index (χ3v) is 3.43. The molecule has 3 heteroatoms. The third kappa shape index (κ3) is 0.959. The molecule has 2 aliphatic heterocycles. The van der Waals surface area contributed by atoms with Gasteiger partial charge in [0, 0.05) is 23.9 Å². The number of carbonyl (C=O) groups excluding carboxylic acids is 1. The zero-order valence-electron chi connectivity index (χ0n) is 7.68. The highest BCUT2D eigenvalue weighted by Gasteiger charge is 2.48. The van der Waals surface area contributed by atoms with Gasteiger partial charge in [0.15, 0.2) is 0 Å². The summed E-state index contributed by atoms with van der Waals surface area (Å²) in [6.45, 7) is 6.20. The molecule has 3 unspecified atom stereocenters. The fraction of sp³-hybridized carbons (Fsp3) is 0.889. The predicted molar refractivity (Wildman–Crippen MR) is 46.7 cm³/mol. The van der Waals surface area contributed by atoms with Gasteiger partial charge in [0.25, 0.3) is 0 Å². The van der Waals surface area contributed by atoms with Gasteiger partial charge in [-0.05, 0) is 19.9 Å². The fourth-order valence-electron chi connectivity index (χ4n) is 2.48. The quantitative estimate of drug-likeness (QED) is 0.539. The largest absolute Gasteiger partial charge is 0.350 e. The highest BCUT2D eigenvalue weighted by Crippen LogP contribution is 2.35. The molecule has 0 aliphatic carbocycles. The van der Waals surface area contributed by atoms with Crippen LogP contribution in [0.3, 0.4) is 0 Å². The molecule has 2 aliphatic rings. The second-order valence-corrected chi connectivity index (χ2v) is 4.26. The second-order valence-electron chi connectivity index (χ2n) is 4.26. The SMILES string of the molecule is CC1C(=O)NC2(C)CCNCC12. The van der Waals surface area contributed by atoms with Gasteiger partial charge < -0.3 is 10.6 Å². The summed E-state index contributed by atoms with van der Waals surface area (Å²) in [6, 6.07) is 0. The molecule has 0 aromatic heterocycles. The number of piperidine rings is 1. The van der Waals surface area contributed by atoms with Gasteiger partial charge in [-0.25, -0.2) is 0 Å². The topological polar surface area (TPSA) is 41.1 Å². The van der Waals surface area contributed by atoms with Crippen LogP contribution < -0.4 is 10.6 Å². The number of amides is 1. The summed E-state index contributed by atoms with van der Waals surface area (Å²) in [5.74, 6) is 0.896. The van der Waals surface area contributed by atoms with Crippen molar-refractivity contribution in [3.8, 4) is 0 Å². The van der Waals surface area contributed by atoms with E-state index in [0.29, 0.717) is 5.92 Å². The van der Waals surface area contributed by atoms with Crippen molar-refractivity contribution in [1.29, 1.82) is 0 Å². The molecular formula is C9H16N2O. The fourth-order valence-corrected chi connectivity index (χ4v) is 2.48. The summed E-state index contributed by atoms with van der Waals surface area (Å²) in [4.78, 5) is 11.4. The number of fused-ring (bicyclic) bond motifs is 1. The smallest absolute Gasteiger partial charge is 0.223 e. The third-order valence-electron chi connectivity index (χ3n) is 3.43. The van der Waals surface area contributed by atoms with Crippen LogP contribution >= 0.6 is 0 Å². The molecule has 0 bridgehead atoms. The van der Waals surface area contributed by atoms with Gasteiger partial charge in [0.1, 0.15) is 0 Å². The second kappa shape index (κ2) is 2.46. The first kappa shape index (κ1) is 8.05. The minimum atomic E-state index is 0.0712. The Labute approximate surface area is 72.9 Å². The van der Waals surface area contributed by atoms with Crippen molar-refractivity contribution in [2.75, 3.05) is 13.1 Å². The highest BCUT2D eigenvalue weighted by molar-refractivity contribution is 5.82. The van der Waals surface area contributed by atoms with Crippen LogP contribution in [-0.2, 0) is 4.79 Å². The molecule has 0 saturated carbocycles. The van der Waals surface area contributed by atoms with Crippen LogP contribution in [0.25, 0.3) is 0 Å². The van der Waals surface area contributed by atoms with Crippen molar-refractivity contribution >= 4 is 5.91 Å². The molecule has 2 N–H and O–H groups in total. The summed E-state index contributed by atoms with van der Waals surface area (Å²) < 4.78 is 0. The van der Waals surface area contributed by atoms with Crippen molar-refractivity contribution in [2.45, 2.75) is 25.8 Å². The number of hydrogen-bond acceptors (Lipinski definition) is 2. The van der Waals surface area contributed by atoms with E-state index in [1.807, 2.05) is 6.92 Å². The Morgan fingerprint density at radius 1 is 1.58 bits per heavy atom.